The van der Waals surface area contributed by atoms with Crippen LogP contribution in [0.25, 0.3) is 0 Å². The molecule has 1 atom stereocenters. The molecule has 0 spiro atoms. The number of aryl methyl sites for hydroxylation is 1. The Bertz CT molecular complexity index is 843. The second-order valence-electron chi connectivity index (χ2n) is 9.57. The largest absolute Gasteiger partial charge is 0.491 e. The summed E-state index contributed by atoms with van der Waals surface area (Å²) in [7, 11) is 0. The molecule has 1 aliphatic heterocycles. The second-order valence-corrected chi connectivity index (χ2v) is 10.0. The number of rotatable bonds is 9. The number of aliphatic hydroxyl groups excluding tert-OH is 1. The number of β-amino-alcohol motifs (C(OH)–C–C–N with tert-alkyl or cyclic N) is 1. The van der Waals surface area contributed by atoms with Crippen molar-refractivity contribution >= 4 is 17.3 Å². The van der Waals surface area contributed by atoms with Gasteiger partial charge >= 0.3 is 0 Å². The van der Waals surface area contributed by atoms with Gasteiger partial charge in [-0.25, -0.2) is 0 Å². The third-order valence-electron chi connectivity index (χ3n) is 5.88. The summed E-state index contributed by atoms with van der Waals surface area (Å²) in [4.78, 5) is 4.66. The quantitative estimate of drug-likeness (QED) is 0.557. The van der Waals surface area contributed by atoms with Gasteiger partial charge in [0, 0.05) is 43.4 Å². The molecule has 1 N–H and O–H groups in total. The van der Waals surface area contributed by atoms with Gasteiger partial charge in [-0.2, -0.15) is 0 Å². The minimum absolute atomic E-state index is 0.138. The minimum Gasteiger partial charge on any atom is -0.491 e. The van der Waals surface area contributed by atoms with Crippen molar-refractivity contribution in [2.75, 3.05) is 57.4 Å². The average molecular weight is 461 g/mol. The zero-order valence-electron chi connectivity index (χ0n) is 19.8. The molecule has 176 valence electrons. The standard InChI is InChI=1S/C26H37ClN2O3/c1-20-5-8-22(27)17-25(20)29-13-11-28(12-14-29)18-23(30)19-31-15-16-32-24-9-6-21(7-10-24)26(2,3)4/h5-10,17,23,30H,11-16,18-19H2,1-4H3/t23-/m1/s1. The Hall–Kier alpha value is -1.79. The van der Waals surface area contributed by atoms with Gasteiger partial charge in [-0.3, -0.25) is 4.90 Å². The van der Waals surface area contributed by atoms with Gasteiger partial charge in [0.05, 0.1) is 19.3 Å². The average Bonchev–Trinajstić information content (AvgIpc) is 2.75. The molecule has 2 aromatic rings. The zero-order chi connectivity index (χ0) is 23.1. The lowest BCUT2D eigenvalue weighted by molar-refractivity contribution is 0.00718. The van der Waals surface area contributed by atoms with Crippen molar-refractivity contribution in [3.8, 4) is 5.75 Å². The van der Waals surface area contributed by atoms with E-state index in [2.05, 4.69) is 55.7 Å². The topological polar surface area (TPSA) is 45.2 Å². The van der Waals surface area contributed by atoms with Crippen molar-refractivity contribution < 1.29 is 14.6 Å². The van der Waals surface area contributed by atoms with Crippen molar-refractivity contribution in [3.63, 3.8) is 0 Å². The van der Waals surface area contributed by atoms with E-state index in [0.29, 0.717) is 26.4 Å². The number of nitrogens with zero attached hydrogens (tertiary/aromatic N) is 2. The van der Waals surface area contributed by atoms with Crippen LogP contribution in [0.5, 0.6) is 5.75 Å². The Morgan fingerprint density at radius 3 is 2.34 bits per heavy atom. The van der Waals surface area contributed by atoms with Crippen LogP contribution in [0.2, 0.25) is 5.02 Å². The van der Waals surface area contributed by atoms with Gasteiger partial charge in [0.15, 0.2) is 0 Å². The Kier molecular flexibility index (Phi) is 8.83. The van der Waals surface area contributed by atoms with E-state index in [1.54, 1.807) is 0 Å². The van der Waals surface area contributed by atoms with E-state index in [4.69, 9.17) is 21.1 Å². The van der Waals surface area contributed by atoms with Crippen LogP contribution < -0.4 is 9.64 Å². The van der Waals surface area contributed by atoms with Crippen molar-refractivity contribution in [3.05, 3.63) is 58.6 Å². The fraction of sp³-hybridized carbons (Fsp3) is 0.538. The maximum atomic E-state index is 10.3. The lowest BCUT2D eigenvalue weighted by Gasteiger charge is -2.37. The SMILES string of the molecule is Cc1ccc(Cl)cc1N1CCN(C[C@@H](O)COCCOc2ccc(C(C)(C)C)cc2)CC1. The summed E-state index contributed by atoms with van der Waals surface area (Å²) >= 11 is 6.17. The zero-order valence-corrected chi connectivity index (χ0v) is 20.6. The van der Waals surface area contributed by atoms with Crippen LogP contribution in [0.1, 0.15) is 31.9 Å². The first-order chi connectivity index (χ1) is 15.2. The van der Waals surface area contributed by atoms with Crippen LogP contribution in [0, 0.1) is 6.92 Å². The van der Waals surface area contributed by atoms with E-state index >= 15 is 0 Å². The Morgan fingerprint density at radius 1 is 1.00 bits per heavy atom. The molecule has 1 heterocycles. The van der Waals surface area contributed by atoms with Gasteiger partial charge in [-0.05, 0) is 47.7 Å². The summed E-state index contributed by atoms with van der Waals surface area (Å²) in [6.45, 7) is 14.3. The molecule has 2 aromatic carbocycles. The first kappa shape index (κ1) is 24.8. The molecular weight excluding hydrogens is 424 g/mol. The minimum atomic E-state index is -0.500. The molecule has 0 aliphatic carbocycles. The van der Waals surface area contributed by atoms with Crippen molar-refractivity contribution in [2.45, 2.75) is 39.2 Å². The second kappa shape index (κ2) is 11.4. The van der Waals surface area contributed by atoms with Crippen molar-refractivity contribution in [1.82, 2.24) is 4.90 Å². The first-order valence-corrected chi connectivity index (χ1v) is 11.8. The van der Waals surface area contributed by atoms with Crippen LogP contribution >= 0.6 is 11.6 Å². The number of benzene rings is 2. The molecule has 6 heteroatoms. The predicted octanol–water partition coefficient (Wildman–Crippen LogP) is 4.52. The normalized spacial score (nSPS) is 16.2. The highest BCUT2D eigenvalue weighted by atomic mass is 35.5. The van der Waals surface area contributed by atoms with Crippen LogP contribution in [0.3, 0.4) is 0 Å². The van der Waals surface area contributed by atoms with E-state index in [0.717, 1.165) is 37.0 Å². The number of hydrogen-bond acceptors (Lipinski definition) is 5. The summed E-state index contributed by atoms with van der Waals surface area (Å²) in [5.74, 6) is 0.843. The lowest BCUT2D eigenvalue weighted by Crippen LogP contribution is -2.49. The summed E-state index contributed by atoms with van der Waals surface area (Å²) in [6, 6.07) is 14.2. The van der Waals surface area contributed by atoms with Crippen molar-refractivity contribution in [1.29, 1.82) is 0 Å². The molecule has 0 amide bonds. The van der Waals surface area contributed by atoms with Crippen LogP contribution in [0.4, 0.5) is 5.69 Å². The van der Waals surface area contributed by atoms with E-state index in [1.807, 2.05) is 24.3 Å². The van der Waals surface area contributed by atoms with Gasteiger partial charge in [-0.15, -0.1) is 0 Å². The molecule has 0 bridgehead atoms. The number of halogens is 1. The number of anilines is 1. The van der Waals surface area contributed by atoms with E-state index in [1.165, 1.54) is 16.8 Å². The highest BCUT2D eigenvalue weighted by molar-refractivity contribution is 6.30. The maximum Gasteiger partial charge on any atom is 0.119 e. The molecule has 0 unspecified atom stereocenters. The Labute approximate surface area is 197 Å². The van der Waals surface area contributed by atoms with Gasteiger partial charge in [0.1, 0.15) is 12.4 Å². The van der Waals surface area contributed by atoms with Crippen LogP contribution in [-0.4, -0.2) is 68.7 Å². The Balaban J connectivity index is 1.30. The number of aliphatic hydroxyl groups is 1. The molecule has 3 rings (SSSR count). The maximum absolute atomic E-state index is 10.3. The fourth-order valence-electron chi connectivity index (χ4n) is 3.93. The van der Waals surface area contributed by atoms with Gasteiger partial charge in [0.25, 0.3) is 0 Å². The third kappa shape index (κ3) is 7.38. The highest BCUT2D eigenvalue weighted by Gasteiger charge is 2.20. The summed E-state index contributed by atoms with van der Waals surface area (Å²) < 4.78 is 11.4. The van der Waals surface area contributed by atoms with Crippen LogP contribution in [0.15, 0.2) is 42.5 Å². The molecule has 32 heavy (non-hydrogen) atoms. The lowest BCUT2D eigenvalue weighted by atomic mass is 9.87. The molecule has 0 radical (unpaired) electrons. The van der Waals surface area contributed by atoms with E-state index < -0.39 is 6.10 Å². The van der Waals surface area contributed by atoms with Gasteiger partial charge < -0.3 is 19.5 Å². The molecule has 1 saturated heterocycles. The van der Waals surface area contributed by atoms with E-state index in [-0.39, 0.29) is 5.41 Å². The highest BCUT2D eigenvalue weighted by Crippen LogP contribution is 2.26. The summed E-state index contributed by atoms with van der Waals surface area (Å²) in [5.41, 5.74) is 3.86. The third-order valence-corrected chi connectivity index (χ3v) is 6.12. The van der Waals surface area contributed by atoms with Gasteiger partial charge in [-0.1, -0.05) is 50.6 Å². The van der Waals surface area contributed by atoms with Gasteiger partial charge in [0.2, 0.25) is 0 Å². The fourth-order valence-corrected chi connectivity index (χ4v) is 4.10. The monoisotopic (exact) mass is 460 g/mol. The Morgan fingerprint density at radius 2 is 1.69 bits per heavy atom. The molecule has 0 aromatic heterocycles. The molecule has 0 saturated carbocycles. The first-order valence-electron chi connectivity index (χ1n) is 11.4. The molecule has 1 fully saturated rings. The molecule has 1 aliphatic rings. The molecule has 5 nitrogen and oxygen atoms in total. The number of ether oxygens (including phenoxy) is 2. The van der Waals surface area contributed by atoms with Crippen molar-refractivity contribution in [2.24, 2.45) is 0 Å². The number of hydrogen-bond donors (Lipinski definition) is 1. The molecular formula is C26H37ClN2O3. The smallest absolute Gasteiger partial charge is 0.119 e. The number of piperazine rings is 1. The summed E-state index contributed by atoms with van der Waals surface area (Å²) in [5, 5.41) is 11.1. The van der Waals surface area contributed by atoms with Crippen LogP contribution in [-0.2, 0) is 10.2 Å². The van der Waals surface area contributed by atoms with E-state index in [9.17, 15) is 5.11 Å². The summed E-state index contributed by atoms with van der Waals surface area (Å²) in [6.07, 6.45) is -0.500. The predicted molar refractivity (Wildman–Crippen MR) is 132 cm³/mol.